The molecule has 0 aliphatic heterocycles. The molecule has 4 nitrogen and oxygen atoms in total. The lowest BCUT2D eigenvalue weighted by atomic mass is 10.3. The summed E-state index contributed by atoms with van der Waals surface area (Å²) >= 11 is 0. The molecule has 1 aromatic rings. The number of sulfonamides is 1. The molecular weight excluding hydrogens is 274 g/mol. The Morgan fingerprint density at radius 2 is 1.95 bits per heavy atom. The average Bonchev–Trinajstić information content (AvgIpc) is 3.13. The minimum Gasteiger partial charge on any atom is -0.314 e. The van der Waals surface area contributed by atoms with Crippen LogP contribution >= 0.6 is 0 Å². The number of hydrogen-bond acceptors (Lipinski definition) is 3. The Bertz CT molecular complexity index is 545. The molecule has 1 aliphatic carbocycles. The van der Waals surface area contributed by atoms with Crippen LogP contribution in [-0.4, -0.2) is 26.8 Å². The van der Waals surface area contributed by atoms with E-state index in [9.17, 15) is 17.2 Å². The number of rotatable bonds is 7. The number of hydrogen-bond donors (Lipinski definition) is 2. The van der Waals surface area contributed by atoms with Crippen LogP contribution in [0.5, 0.6) is 0 Å². The van der Waals surface area contributed by atoms with Crippen molar-refractivity contribution in [1.82, 2.24) is 5.32 Å². The van der Waals surface area contributed by atoms with Crippen LogP contribution in [0.2, 0.25) is 0 Å². The van der Waals surface area contributed by atoms with Gasteiger partial charge in [-0.05, 0) is 37.9 Å². The standard InChI is InChI=1S/C12H16F2N2O2S/c13-11-5-4-10(8-12(11)14)16-19(17,18)7-1-6-15-9-2-3-9/h4-5,8-9,15-16H,1-3,6-7H2. The lowest BCUT2D eigenvalue weighted by Gasteiger charge is -2.08. The molecule has 0 atom stereocenters. The Morgan fingerprint density at radius 1 is 1.21 bits per heavy atom. The quantitative estimate of drug-likeness (QED) is 0.753. The van der Waals surface area contributed by atoms with E-state index in [1.807, 2.05) is 0 Å². The fourth-order valence-electron chi connectivity index (χ4n) is 1.65. The van der Waals surface area contributed by atoms with Gasteiger partial charge in [-0.2, -0.15) is 0 Å². The predicted molar refractivity (Wildman–Crippen MR) is 69.4 cm³/mol. The summed E-state index contributed by atoms with van der Waals surface area (Å²) in [6.45, 7) is 0.642. The van der Waals surface area contributed by atoms with Gasteiger partial charge in [0.1, 0.15) is 0 Å². The van der Waals surface area contributed by atoms with Gasteiger partial charge in [-0.3, -0.25) is 4.72 Å². The van der Waals surface area contributed by atoms with Crippen molar-refractivity contribution in [2.24, 2.45) is 0 Å². The number of halogens is 2. The van der Waals surface area contributed by atoms with E-state index in [-0.39, 0.29) is 11.4 Å². The van der Waals surface area contributed by atoms with Gasteiger partial charge in [-0.25, -0.2) is 17.2 Å². The predicted octanol–water partition coefficient (Wildman–Crippen LogP) is 1.85. The molecule has 0 heterocycles. The van der Waals surface area contributed by atoms with E-state index in [1.165, 1.54) is 6.07 Å². The molecule has 0 amide bonds. The van der Waals surface area contributed by atoms with E-state index in [0.29, 0.717) is 19.0 Å². The molecule has 0 saturated heterocycles. The average molecular weight is 290 g/mol. The fraction of sp³-hybridized carbons (Fsp3) is 0.500. The zero-order valence-corrected chi connectivity index (χ0v) is 11.1. The second kappa shape index (κ2) is 5.83. The molecule has 1 saturated carbocycles. The lowest BCUT2D eigenvalue weighted by Crippen LogP contribution is -2.23. The Kier molecular flexibility index (Phi) is 4.36. The van der Waals surface area contributed by atoms with Gasteiger partial charge in [0.05, 0.1) is 11.4 Å². The van der Waals surface area contributed by atoms with Crippen molar-refractivity contribution in [3.05, 3.63) is 29.8 Å². The third-order valence-corrected chi connectivity index (χ3v) is 4.17. The molecule has 2 rings (SSSR count). The second-order valence-electron chi connectivity index (χ2n) is 4.63. The van der Waals surface area contributed by atoms with E-state index in [4.69, 9.17) is 0 Å². The minimum absolute atomic E-state index is 0.0362. The van der Waals surface area contributed by atoms with Crippen molar-refractivity contribution in [2.45, 2.75) is 25.3 Å². The van der Waals surface area contributed by atoms with Crippen LogP contribution in [0.3, 0.4) is 0 Å². The smallest absolute Gasteiger partial charge is 0.232 e. The molecule has 0 spiro atoms. The number of benzene rings is 1. The van der Waals surface area contributed by atoms with Crippen LogP contribution < -0.4 is 10.0 Å². The molecule has 0 radical (unpaired) electrons. The first-order valence-electron chi connectivity index (χ1n) is 6.15. The second-order valence-corrected chi connectivity index (χ2v) is 6.47. The van der Waals surface area contributed by atoms with Crippen LogP contribution in [0.1, 0.15) is 19.3 Å². The van der Waals surface area contributed by atoms with Gasteiger partial charge in [0, 0.05) is 12.1 Å². The summed E-state index contributed by atoms with van der Waals surface area (Å²) in [6, 6.07) is 3.46. The van der Waals surface area contributed by atoms with Crippen molar-refractivity contribution in [2.75, 3.05) is 17.0 Å². The summed E-state index contributed by atoms with van der Waals surface area (Å²) in [5.41, 5.74) is 0.0362. The first-order chi connectivity index (χ1) is 8.96. The SMILES string of the molecule is O=S(=O)(CCCNC1CC1)Nc1ccc(F)c(F)c1. The summed E-state index contributed by atoms with van der Waals surface area (Å²) in [7, 11) is -3.52. The molecule has 7 heteroatoms. The first kappa shape index (κ1) is 14.2. The van der Waals surface area contributed by atoms with Crippen molar-refractivity contribution in [1.29, 1.82) is 0 Å². The zero-order valence-electron chi connectivity index (χ0n) is 10.3. The van der Waals surface area contributed by atoms with Gasteiger partial charge in [0.2, 0.25) is 10.0 Å². The molecular formula is C12H16F2N2O2S. The molecule has 0 aromatic heterocycles. The summed E-state index contributed by atoms with van der Waals surface area (Å²) in [5.74, 6) is -2.13. The van der Waals surface area contributed by atoms with Crippen molar-refractivity contribution < 1.29 is 17.2 Å². The van der Waals surface area contributed by atoms with Crippen LogP contribution in [-0.2, 0) is 10.0 Å². The molecule has 2 N–H and O–H groups in total. The monoisotopic (exact) mass is 290 g/mol. The largest absolute Gasteiger partial charge is 0.314 e. The van der Waals surface area contributed by atoms with Crippen LogP contribution in [0, 0.1) is 11.6 Å². The first-order valence-corrected chi connectivity index (χ1v) is 7.80. The molecule has 0 bridgehead atoms. The molecule has 0 unspecified atom stereocenters. The van der Waals surface area contributed by atoms with Gasteiger partial charge >= 0.3 is 0 Å². The highest BCUT2D eigenvalue weighted by molar-refractivity contribution is 7.92. The third kappa shape index (κ3) is 4.76. The van der Waals surface area contributed by atoms with Crippen LogP contribution in [0.25, 0.3) is 0 Å². The van der Waals surface area contributed by atoms with E-state index >= 15 is 0 Å². The summed E-state index contributed by atoms with van der Waals surface area (Å²) in [4.78, 5) is 0. The van der Waals surface area contributed by atoms with Gasteiger partial charge in [0.25, 0.3) is 0 Å². The zero-order chi connectivity index (χ0) is 13.9. The van der Waals surface area contributed by atoms with Gasteiger partial charge in [-0.1, -0.05) is 0 Å². The van der Waals surface area contributed by atoms with Gasteiger partial charge in [0.15, 0.2) is 11.6 Å². The maximum absolute atomic E-state index is 12.9. The number of nitrogens with one attached hydrogen (secondary N) is 2. The van der Waals surface area contributed by atoms with E-state index in [1.54, 1.807) is 0 Å². The highest BCUT2D eigenvalue weighted by Crippen LogP contribution is 2.18. The fourth-order valence-corrected chi connectivity index (χ4v) is 2.76. The molecule has 1 aliphatic rings. The van der Waals surface area contributed by atoms with Crippen LogP contribution in [0.15, 0.2) is 18.2 Å². The van der Waals surface area contributed by atoms with Crippen molar-refractivity contribution >= 4 is 15.7 Å². The molecule has 1 aromatic carbocycles. The van der Waals surface area contributed by atoms with Crippen molar-refractivity contribution in [3.63, 3.8) is 0 Å². The minimum atomic E-state index is -3.52. The molecule has 19 heavy (non-hydrogen) atoms. The Morgan fingerprint density at radius 3 is 2.58 bits per heavy atom. The Balaban J connectivity index is 1.82. The Labute approximate surface area is 111 Å². The van der Waals surface area contributed by atoms with E-state index < -0.39 is 21.7 Å². The third-order valence-electron chi connectivity index (χ3n) is 2.79. The normalized spacial score (nSPS) is 15.5. The maximum atomic E-state index is 12.9. The van der Waals surface area contributed by atoms with Crippen LogP contribution in [0.4, 0.5) is 14.5 Å². The lowest BCUT2D eigenvalue weighted by molar-refractivity contribution is 0.509. The van der Waals surface area contributed by atoms with E-state index in [0.717, 1.165) is 25.0 Å². The van der Waals surface area contributed by atoms with Gasteiger partial charge < -0.3 is 5.32 Å². The topological polar surface area (TPSA) is 58.2 Å². The highest BCUT2D eigenvalue weighted by Gasteiger charge is 2.20. The summed E-state index contributed by atoms with van der Waals surface area (Å²) in [5, 5.41) is 3.21. The van der Waals surface area contributed by atoms with Crippen molar-refractivity contribution in [3.8, 4) is 0 Å². The maximum Gasteiger partial charge on any atom is 0.232 e. The van der Waals surface area contributed by atoms with Gasteiger partial charge in [-0.15, -0.1) is 0 Å². The molecule has 1 fully saturated rings. The number of anilines is 1. The molecule has 106 valence electrons. The summed E-state index contributed by atoms with van der Waals surface area (Å²) < 4.78 is 51.3. The Hall–Kier alpha value is -1.21. The summed E-state index contributed by atoms with van der Waals surface area (Å²) in [6.07, 6.45) is 2.79. The highest BCUT2D eigenvalue weighted by atomic mass is 32.2. The van der Waals surface area contributed by atoms with E-state index in [2.05, 4.69) is 10.0 Å².